The lowest BCUT2D eigenvalue weighted by atomic mass is 9.75. The summed E-state index contributed by atoms with van der Waals surface area (Å²) < 4.78 is 0. The van der Waals surface area contributed by atoms with Crippen molar-refractivity contribution in [2.24, 2.45) is 16.6 Å². The van der Waals surface area contributed by atoms with Crippen LogP contribution in [0.15, 0.2) is 22.5 Å². The molecular weight excluding hydrogens is 254 g/mol. The van der Waals surface area contributed by atoms with Gasteiger partial charge in [-0.15, -0.1) is 11.3 Å². The lowest BCUT2D eigenvalue weighted by Crippen LogP contribution is -2.54. The van der Waals surface area contributed by atoms with E-state index in [1.165, 1.54) is 37.0 Å². The van der Waals surface area contributed by atoms with Crippen LogP contribution in [0.2, 0.25) is 0 Å². The molecule has 2 N–H and O–H groups in total. The molecule has 0 amide bonds. The lowest BCUT2D eigenvalue weighted by molar-refractivity contribution is 0.103. The molecule has 0 spiro atoms. The fraction of sp³-hybridized carbons (Fsp3) is 0.667. The van der Waals surface area contributed by atoms with E-state index in [4.69, 9.17) is 5.73 Å². The number of hydrogen-bond acceptors (Lipinski definition) is 4. The molecular formula is C15H23N3S. The summed E-state index contributed by atoms with van der Waals surface area (Å²) in [6, 6.07) is 4.30. The minimum atomic E-state index is 0.133. The van der Waals surface area contributed by atoms with Crippen molar-refractivity contribution in [1.82, 2.24) is 4.90 Å². The molecule has 2 aliphatic rings. The van der Waals surface area contributed by atoms with Crippen molar-refractivity contribution in [2.45, 2.75) is 51.1 Å². The Morgan fingerprint density at radius 1 is 1.42 bits per heavy atom. The molecule has 1 aliphatic heterocycles. The average Bonchev–Trinajstić information content (AvgIpc) is 3.04. The molecule has 3 nitrogen and oxygen atoms in total. The predicted octanol–water partition coefficient (Wildman–Crippen LogP) is 3.22. The van der Waals surface area contributed by atoms with E-state index in [9.17, 15) is 0 Å². The second-order valence-corrected chi connectivity index (χ2v) is 7.06. The molecule has 1 atom stereocenters. The maximum atomic E-state index is 6.16. The van der Waals surface area contributed by atoms with Crippen LogP contribution >= 0.6 is 11.3 Å². The lowest BCUT2D eigenvalue weighted by Gasteiger charge is -2.44. The monoisotopic (exact) mass is 277 g/mol. The number of hydrogen-bond donors (Lipinski definition) is 1. The molecule has 0 aromatic carbocycles. The van der Waals surface area contributed by atoms with Gasteiger partial charge in [0.1, 0.15) is 0 Å². The summed E-state index contributed by atoms with van der Waals surface area (Å²) in [6.45, 7) is 4.15. The van der Waals surface area contributed by atoms with Gasteiger partial charge in [0.15, 0.2) is 5.96 Å². The quantitative estimate of drug-likeness (QED) is 0.921. The van der Waals surface area contributed by atoms with Gasteiger partial charge in [0, 0.05) is 4.88 Å². The summed E-state index contributed by atoms with van der Waals surface area (Å²) in [5.41, 5.74) is 6.29. The first kappa shape index (κ1) is 13.0. The van der Waals surface area contributed by atoms with Gasteiger partial charge in [-0.2, -0.15) is 0 Å². The van der Waals surface area contributed by atoms with Crippen LogP contribution in [-0.2, 0) is 6.54 Å². The normalized spacial score (nSPS) is 28.7. The highest BCUT2D eigenvalue weighted by Gasteiger charge is 2.44. The fourth-order valence-electron chi connectivity index (χ4n) is 3.57. The van der Waals surface area contributed by atoms with E-state index in [2.05, 4.69) is 34.3 Å². The molecule has 1 unspecified atom stereocenters. The molecule has 1 aliphatic carbocycles. The molecule has 2 heterocycles. The molecule has 104 valence electrons. The van der Waals surface area contributed by atoms with E-state index in [-0.39, 0.29) is 5.54 Å². The Labute approximate surface area is 119 Å². The summed E-state index contributed by atoms with van der Waals surface area (Å²) in [5, 5.41) is 2.14. The molecule has 1 aromatic heterocycles. The summed E-state index contributed by atoms with van der Waals surface area (Å²) >= 11 is 1.81. The first-order chi connectivity index (χ1) is 9.20. The van der Waals surface area contributed by atoms with Gasteiger partial charge in [-0.1, -0.05) is 25.3 Å². The molecule has 1 fully saturated rings. The average molecular weight is 277 g/mol. The van der Waals surface area contributed by atoms with E-state index in [0.29, 0.717) is 0 Å². The van der Waals surface area contributed by atoms with Crippen LogP contribution in [0.5, 0.6) is 0 Å². The summed E-state index contributed by atoms with van der Waals surface area (Å²) in [4.78, 5) is 8.28. The second kappa shape index (κ2) is 5.16. The van der Waals surface area contributed by atoms with Crippen LogP contribution in [0.3, 0.4) is 0 Å². The van der Waals surface area contributed by atoms with Gasteiger partial charge in [-0.25, -0.2) is 0 Å². The summed E-state index contributed by atoms with van der Waals surface area (Å²) in [6.07, 6.45) is 6.80. The Morgan fingerprint density at radius 3 is 2.89 bits per heavy atom. The molecule has 4 heteroatoms. The van der Waals surface area contributed by atoms with Crippen molar-refractivity contribution in [3.8, 4) is 0 Å². The molecule has 3 rings (SSSR count). The minimum absolute atomic E-state index is 0.133. The zero-order valence-electron chi connectivity index (χ0n) is 11.6. The number of aliphatic imine (C=N–C) groups is 1. The van der Waals surface area contributed by atoms with Gasteiger partial charge in [-0.05, 0) is 37.1 Å². The minimum Gasteiger partial charge on any atom is -0.370 e. The van der Waals surface area contributed by atoms with Crippen molar-refractivity contribution in [3.05, 3.63) is 22.4 Å². The molecule has 0 bridgehead atoms. The third-order valence-electron chi connectivity index (χ3n) is 4.83. The first-order valence-corrected chi connectivity index (χ1v) is 8.18. The standard InChI is InChI=1S/C15H23N3S/c1-15(12-6-3-2-4-7-12)11-17-14(16)18(15)10-13-8-5-9-19-13/h5,8-9,12H,2-4,6-7,10-11H2,1H3,(H2,16,17). The van der Waals surface area contributed by atoms with Crippen LogP contribution < -0.4 is 5.73 Å². The van der Waals surface area contributed by atoms with Gasteiger partial charge in [0.05, 0.1) is 18.6 Å². The summed E-state index contributed by atoms with van der Waals surface area (Å²) in [5.74, 6) is 1.48. The van der Waals surface area contributed by atoms with Crippen LogP contribution in [0, 0.1) is 5.92 Å². The number of nitrogens with zero attached hydrogens (tertiary/aromatic N) is 2. The summed E-state index contributed by atoms with van der Waals surface area (Å²) in [7, 11) is 0. The highest BCUT2D eigenvalue weighted by Crippen LogP contribution is 2.39. The SMILES string of the molecule is CC1(C2CCCCC2)CN=C(N)N1Cc1cccs1. The fourth-order valence-corrected chi connectivity index (χ4v) is 4.26. The molecule has 1 aromatic rings. The zero-order chi connectivity index (χ0) is 13.3. The first-order valence-electron chi connectivity index (χ1n) is 7.30. The molecule has 1 saturated carbocycles. The van der Waals surface area contributed by atoms with E-state index in [1.54, 1.807) is 11.3 Å². The Bertz CT molecular complexity index is 448. The number of nitrogens with two attached hydrogens (primary N) is 1. The van der Waals surface area contributed by atoms with E-state index < -0.39 is 0 Å². The van der Waals surface area contributed by atoms with Gasteiger partial charge >= 0.3 is 0 Å². The van der Waals surface area contributed by atoms with Crippen molar-refractivity contribution < 1.29 is 0 Å². The van der Waals surface area contributed by atoms with Gasteiger partial charge in [0.2, 0.25) is 0 Å². The second-order valence-electron chi connectivity index (χ2n) is 6.03. The van der Waals surface area contributed by atoms with E-state index in [0.717, 1.165) is 25.0 Å². The molecule has 0 saturated heterocycles. The molecule has 19 heavy (non-hydrogen) atoms. The van der Waals surface area contributed by atoms with Crippen molar-refractivity contribution in [3.63, 3.8) is 0 Å². The Hall–Kier alpha value is -1.03. The Kier molecular flexibility index (Phi) is 3.52. The van der Waals surface area contributed by atoms with Gasteiger partial charge in [-0.3, -0.25) is 4.99 Å². The van der Waals surface area contributed by atoms with Gasteiger partial charge in [0.25, 0.3) is 0 Å². The zero-order valence-corrected chi connectivity index (χ0v) is 12.5. The topological polar surface area (TPSA) is 41.6 Å². The Balaban J connectivity index is 1.79. The highest BCUT2D eigenvalue weighted by atomic mass is 32.1. The largest absolute Gasteiger partial charge is 0.370 e. The smallest absolute Gasteiger partial charge is 0.192 e. The Morgan fingerprint density at radius 2 is 2.21 bits per heavy atom. The van der Waals surface area contributed by atoms with Crippen LogP contribution in [0.25, 0.3) is 0 Å². The predicted molar refractivity (Wildman–Crippen MR) is 81.3 cm³/mol. The third-order valence-corrected chi connectivity index (χ3v) is 5.69. The van der Waals surface area contributed by atoms with Crippen LogP contribution in [0.1, 0.15) is 43.9 Å². The third kappa shape index (κ3) is 2.38. The van der Waals surface area contributed by atoms with Crippen LogP contribution in [0.4, 0.5) is 0 Å². The van der Waals surface area contributed by atoms with Crippen LogP contribution in [-0.4, -0.2) is 22.9 Å². The van der Waals surface area contributed by atoms with Crippen molar-refractivity contribution in [2.75, 3.05) is 6.54 Å². The van der Waals surface area contributed by atoms with Gasteiger partial charge < -0.3 is 10.6 Å². The van der Waals surface area contributed by atoms with E-state index in [1.807, 2.05) is 0 Å². The maximum Gasteiger partial charge on any atom is 0.192 e. The number of thiophene rings is 1. The maximum absolute atomic E-state index is 6.16. The number of rotatable bonds is 3. The number of guanidine groups is 1. The highest BCUT2D eigenvalue weighted by molar-refractivity contribution is 7.09. The van der Waals surface area contributed by atoms with Crippen molar-refractivity contribution >= 4 is 17.3 Å². The molecule has 0 radical (unpaired) electrons. The van der Waals surface area contributed by atoms with Crippen molar-refractivity contribution in [1.29, 1.82) is 0 Å². The van der Waals surface area contributed by atoms with E-state index >= 15 is 0 Å².